The van der Waals surface area contributed by atoms with Gasteiger partial charge < -0.3 is 20.0 Å². The molecule has 136 valence electrons. The van der Waals surface area contributed by atoms with Crippen LogP contribution in [-0.4, -0.2) is 42.9 Å². The van der Waals surface area contributed by atoms with Gasteiger partial charge in [-0.2, -0.15) is 0 Å². The summed E-state index contributed by atoms with van der Waals surface area (Å²) in [6.07, 6.45) is 2.59. The van der Waals surface area contributed by atoms with Crippen molar-refractivity contribution < 1.29 is 14.0 Å². The summed E-state index contributed by atoms with van der Waals surface area (Å²) in [5, 5.41) is 0. The molecular weight excluding hydrogens is 330 g/mol. The Morgan fingerprint density at radius 3 is 2.50 bits per heavy atom. The number of benzene rings is 1. The molecule has 0 saturated carbocycles. The Bertz CT molecular complexity index is 788. The molecule has 2 aliphatic rings. The summed E-state index contributed by atoms with van der Waals surface area (Å²) in [4.78, 5) is 27.7. The topological polar surface area (TPSA) is 79.8 Å². The lowest BCUT2D eigenvalue weighted by Crippen LogP contribution is -2.33. The minimum Gasteiger partial charge on any atom is -0.459 e. The molecule has 2 atom stereocenters. The summed E-state index contributed by atoms with van der Waals surface area (Å²) in [5.41, 5.74) is 7.56. The number of furan rings is 1. The molecule has 4 rings (SSSR count). The smallest absolute Gasteiger partial charge is 0.289 e. The summed E-state index contributed by atoms with van der Waals surface area (Å²) in [6, 6.07) is 11.8. The lowest BCUT2D eigenvalue weighted by atomic mass is 10.0. The second-order valence-corrected chi connectivity index (χ2v) is 7.25. The quantitative estimate of drug-likeness (QED) is 0.890. The van der Waals surface area contributed by atoms with Gasteiger partial charge in [0.1, 0.15) is 0 Å². The van der Waals surface area contributed by atoms with Crippen molar-refractivity contribution in [1.82, 2.24) is 4.90 Å². The molecule has 2 unspecified atom stereocenters. The molecule has 0 aliphatic carbocycles. The van der Waals surface area contributed by atoms with Crippen LogP contribution in [0.4, 0.5) is 5.69 Å². The van der Waals surface area contributed by atoms with E-state index in [1.54, 1.807) is 12.1 Å². The highest BCUT2D eigenvalue weighted by Gasteiger charge is 2.42. The predicted octanol–water partition coefficient (Wildman–Crippen LogP) is 1.91. The number of anilines is 1. The van der Waals surface area contributed by atoms with Crippen molar-refractivity contribution in [1.29, 1.82) is 0 Å². The molecule has 1 aromatic carbocycles. The molecule has 2 saturated heterocycles. The second kappa shape index (κ2) is 6.86. The van der Waals surface area contributed by atoms with Crippen LogP contribution in [0.3, 0.4) is 0 Å². The van der Waals surface area contributed by atoms with Gasteiger partial charge in [0.25, 0.3) is 5.91 Å². The predicted molar refractivity (Wildman–Crippen MR) is 97.8 cm³/mol. The lowest BCUT2D eigenvalue weighted by Gasteiger charge is -2.23. The molecule has 2 fully saturated rings. The first-order valence-electron chi connectivity index (χ1n) is 9.05. The summed E-state index contributed by atoms with van der Waals surface area (Å²) >= 11 is 0. The zero-order valence-electron chi connectivity index (χ0n) is 14.6. The average Bonchev–Trinajstić information content (AvgIpc) is 3.35. The maximum atomic E-state index is 12.4. The Morgan fingerprint density at radius 2 is 1.85 bits per heavy atom. The third-order valence-electron chi connectivity index (χ3n) is 5.44. The second-order valence-electron chi connectivity index (χ2n) is 7.25. The molecule has 6 heteroatoms. The molecule has 3 heterocycles. The Balaban J connectivity index is 1.38. The minimum atomic E-state index is -0.271. The molecule has 26 heavy (non-hydrogen) atoms. The van der Waals surface area contributed by atoms with E-state index < -0.39 is 0 Å². The van der Waals surface area contributed by atoms with Crippen LogP contribution >= 0.6 is 0 Å². The molecule has 2 aromatic rings. The van der Waals surface area contributed by atoms with Gasteiger partial charge in [-0.25, -0.2) is 0 Å². The van der Waals surface area contributed by atoms with Crippen LogP contribution in [0.1, 0.15) is 22.5 Å². The lowest BCUT2D eigenvalue weighted by molar-refractivity contribution is -0.117. The van der Waals surface area contributed by atoms with Gasteiger partial charge in [-0.1, -0.05) is 12.1 Å². The van der Waals surface area contributed by atoms with Crippen LogP contribution in [0.5, 0.6) is 0 Å². The Hall–Kier alpha value is -2.76. The van der Waals surface area contributed by atoms with Gasteiger partial charge in [0.2, 0.25) is 5.91 Å². The molecule has 0 spiro atoms. The van der Waals surface area contributed by atoms with E-state index in [4.69, 9.17) is 10.2 Å². The minimum absolute atomic E-state index is 0.00982. The number of nitrogens with two attached hydrogens (primary N) is 1. The van der Waals surface area contributed by atoms with E-state index in [9.17, 15) is 9.59 Å². The van der Waals surface area contributed by atoms with Crippen molar-refractivity contribution in [3.8, 4) is 0 Å². The number of hydrogen-bond acceptors (Lipinski definition) is 4. The normalized spacial score (nSPS) is 21.8. The first kappa shape index (κ1) is 16.7. The highest BCUT2D eigenvalue weighted by Crippen LogP contribution is 2.34. The largest absolute Gasteiger partial charge is 0.459 e. The molecule has 2 aliphatic heterocycles. The zero-order chi connectivity index (χ0) is 18.1. The van der Waals surface area contributed by atoms with E-state index >= 15 is 0 Å². The number of aryl methyl sites for hydroxylation is 1. The molecule has 2 N–H and O–H groups in total. The highest BCUT2D eigenvalue weighted by molar-refractivity contribution is 5.91. The third kappa shape index (κ3) is 3.31. The maximum Gasteiger partial charge on any atom is 0.289 e. The van der Waals surface area contributed by atoms with Gasteiger partial charge >= 0.3 is 0 Å². The van der Waals surface area contributed by atoms with E-state index in [1.165, 1.54) is 12.0 Å². The van der Waals surface area contributed by atoms with Crippen molar-refractivity contribution in [2.45, 2.75) is 12.8 Å². The Labute approximate surface area is 152 Å². The van der Waals surface area contributed by atoms with Gasteiger partial charge in [0, 0.05) is 50.1 Å². The zero-order valence-corrected chi connectivity index (χ0v) is 14.6. The maximum absolute atomic E-state index is 12.4. The van der Waals surface area contributed by atoms with Crippen LogP contribution in [0.25, 0.3) is 0 Å². The van der Waals surface area contributed by atoms with Gasteiger partial charge in [0.05, 0.1) is 6.26 Å². The standard InChI is InChI=1S/C20H23N3O3/c21-19(24)7-6-14-3-1-4-17(9-14)22-10-15-12-23(13-16(15)11-22)20(25)18-5-2-8-26-18/h1-5,8-9,15-16H,6-7,10-13H2,(H2,21,24). The number of hydrogen-bond donors (Lipinski definition) is 1. The van der Waals surface area contributed by atoms with Crippen molar-refractivity contribution in [3.63, 3.8) is 0 Å². The van der Waals surface area contributed by atoms with Crippen LogP contribution in [0.15, 0.2) is 47.1 Å². The number of fused-ring (bicyclic) bond motifs is 1. The van der Waals surface area contributed by atoms with E-state index in [0.717, 1.165) is 31.7 Å². The van der Waals surface area contributed by atoms with Gasteiger partial charge in [-0.3, -0.25) is 9.59 Å². The molecular formula is C20H23N3O3. The van der Waals surface area contributed by atoms with E-state index in [1.807, 2.05) is 17.0 Å². The van der Waals surface area contributed by atoms with Crippen LogP contribution < -0.4 is 10.6 Å². The number of primary amides is 1. The summed E-state index contributed by atoms with van der Waals surface area (Å²) < 4.78 is 5.24. The van der Waals surface area contributed by atoms with Crippen molar-refractivity contribution in [3.05, 3.63) is 54.0 Å². The fourth-order valence-electron chi connectivity index (χ4n) is 4.10. The van der Waals surface area contributed by atoms with E-state index in [-0.39, 0.29) is 11.8 Å². The van der Waals surface area contributed by atoms with Gasteiger partial charge in [-0.15, -0.1) is 0 Å². The average molecular weight is 353 g/mol. The summed E-state index contributed by atoms with van der Waals surface area (Å²) in [7, 11) is 0. The first-order valence-corrected chi connectivity index (χ1v) is 9.05. The third-order valence-corrected chi connectivity index (χ3v) is 5.44. The highest BCUT2D eigenvalue weighted by atomic mass is 16.3. The Morgan fingerprint density at radius 1 is 1.08 bits per heavy atom. The molecule has 6 nitrogen and oxygen atoms in total. The van der Waals surface area contributed by atoms with Crippen LogP contribution in [0.2, 0.25) is 0 Å². The Kier molecular flexibility index (Phi) is 4.41. The molecule has 2 amide bonds. The number of carbonyl (C=O) groups is 2. The van der Waals surface area contributed by atoms with Gasteiger partial charge in [-0.05, 0) is 36.2 Å². The number of carbonyl (C=O) groups excluding carboxylic acids is 2. The van der Waals surface area contributed by atoms with Crippen molar-refractivity contribution >= 4 is 17.5 Å². The fourth-order valence-corrected chi connectivity index (χ4v) is 4.10. The van der Waals surface area contributed by atoms with Crippen LogP contribution in [0, 0.1) is 11.8 Å². The summed E-state index contributed by atoms with van der Waals surface area (Å²) in [6.45, 7) is 3.46. The van der Waals surface area contributed by atoms with Crippen molar-refractivity contribution in [2.24, 2.45) is 17.6 Å². The number of amides is 2. The monoisotopic (exact) mass is 353 g/mol. The first-order chi connectivity index (χ1) is 12.6. The van der Waals surface area contributed by atoms with E-state index in [2.05, 4.69) is 17.0 Å². The fraction of sp³-hybridized carbons (Fsp3) is 0.400. The summed E-state index contributed by atoms with van der Waals surface area (Å²) in [5.74, 6) is 1.12. The molecule has 1 aromatic heterocycles. The SMILES string of the molecule is NC(=O)CCc1cccc(N2CC3CN(C(=O)c4ccco4)CC3C2)c1. The number of nitrogens with zero attached hydrogens (tertiary/aromatic N) is 2. The van der Waals surface area contributed by atoms with Gasteiger partial charge in [0.15, 0.2) is 5.76 Å². The molecule has 0 radical (unpaired) electrons. The van der Waals surface area contributed by atoms with Crippen molar-refractivity contribution in [2.75, 3.05) is 31.1 Å². The number of likely N-dealkylation sites (tertiary alicyclic amines) is 1. The van der Waals surface area contributed by atoms with E-state index in [0.29, 0.717) is 30.4 Å². The number of rotatable bonds is 5. The molecule has 0 bridgehead atoms. The van der Waals surface area contributed by atoms with Crippen LogP contribution in [-0.2, 0) is 11.2 Å².